The highest BCUT2D eigenvalue weighted by Crippen LogP contribution is 2.40. The number of nitrogens with one attached hydrogen (secondary N) is 1. The molecule has 1 aliphatic carbocycles. The van der Waals surface area contributed by atoms with E-state index in [2.05, 4.69) is 5.32 Å². The van der Waals surface area contributed by atoms with E-state index in [0.717, 1.165) is 18.5 Å². The molecule has 0 saturated heterocycles. The Hall–Kier alpha value is -1.64. The maximum absolute atomic E-state index is 11.3. The second-order valence-corrected chi connectivity index (χ2v) is 6.05. The van der Waals surface area contributed by atoms with E-state index in [9.17, 15) is 9.59 Å². The van der Waals surface area contributed by atoms with Crippen LogP contribution in [0.4, 0.5) is 0 Å². The number of carbonyl (C=O) groups excluding carboxylic acids is 2. The Kier molecular flexibility index (Phi) is 4.58. The average molecular weight is 273 g/mol. The van der Waals surface area contributed by atoms with E-state index in [1.54, 1.807) is 13.8 Å². The van der Waals surface area contributed by atoms with Crippen molar-refractivity contribution in [3.63, 3.8) is 0 Å². The zero-order valence-corrected chi connectivity index (χ0v) is 12.4. The van der Waals surface area contributed by atoms with Crippen LogP contribution in [0, 0.1) is 5.41 Å². The van der Waals surface area contributed by atoms with Crippen LogP contribution in [0.5, 0.6) is 0 Å². The minimum absolute atomic E-state index is 0.0446. The predicted molar refractivity (Wildman–Crippen MR) is 79.7 cm³/mol. The van der Waals surface area contributed by atoms with Crippen LogP contribution in [-0.4, -0.2) is 18.2 Å². The maximum atomic E-state index is 11.3. The van der Waals surface area contributed by atoms with Crippen LogP contribution >= 0.6 is 0 Å². The molecule has 1 amide bonds. The van der Waals surface area contributed by atoms with Gasteiger partial charge in [-0.1, -0.05) is 37.1 Å². The van der Waals surface area contributed by atoms with E-state index in [-0.39, 0.29) is 17.1 Å². The van der Waals surface area contributed by atoms with Crippen molar-refractivity contribution in [1.29, 1.82) is 0 Å². The van der Waals surface area contributed by atoms with Crippen molar-refractivity contribution in [3.8, 4) is 0 Å². The van der Waals surface area contributed by atoms with Crippen molar-refractivity contribution in [2.75, 3.05) is 6.54 Å². The molecular formula is C17H23NO2. The zero-order chi connectivity index (χ0) is 14.6. The SMILES string of the molecule is CC(=O)NCC1(Cc2ccc(C(C)=O)cc2)CCCC1. The molecule has 0 aliphatic heterocycles. The van der Waals surface area contributed by atoms with Crippen molar-refractivity contribution >= 4 is 11.7 Å². The highest BCUT2D eigenvalue weighted by molar-refractivity contribution is 5.94. The van der Waals surface area contributed by atoms with E-state index >= 15 is 0 Å². The first-order valence-electron chi connectivity index (χ1n) is 7.35. The van der Waals surface area contributed by atoms with E-state index in [0.29, 0.717) is 0 Å². The summed E-state index contributed by atoms with van der Waals surface area (Å²) in [5.41, 5.74) is 2.21. The van der Waals surface area contributed by atoms with Crippen molar-refractivity contribution in [1.82, 2.24) is 5.32 Å². The van der Waals surface area contributed by atoms with E-state index in [1.165, 1.54) is 31.2 Å². The lowest BCUT2D eigenvalue weighted by molar-refractivity contribution is -0.119. The third-order valence-electron chi connectivity index (χ3n) is 4.32. The molecule has 1 fully saturated rings. The van der Waals surface area contributed by atoms with Gasteiger partial charge in [-0.3, -0.25) is 9.59 Å². The monoisotopic (exact) mass is 273 g/mol. The fourth-order valence-corrected chi connectivity index (χ4v) is 3.14. The smallest absolute Gasteiger partial charge is 0.216 e. The van der Waals surface area contributed by atoms with Crippen LogP contribution < -0.4 is 5.32 Å². The number of ketones is 1. The maximum Gasteiger partial charge on any atom is 0.216 e. The lowest BCUT2D eigenvalue weighted by Crippen LogP contribution is -2.36. The molecule has 1 N–H and O–H groups in total. The van der Waals surface area contributed by atoms with Gasteiger partial charge in [0, 0.05) is 19.0 Å². The number of Topliss-reactive ketones (excluding diaryl/α,β-unsaturated/α-hetero) is 1. The molecule has 0 atom stereocenters. The number of carbonyl (C=O) groups is 2. The highest BCUT2D eigenvalue weighted by atomic mass is 16.1. The van der Waals surface area contributed by atoms with E-state index < -0.39 is 0 Å². The molecule has 1 saturated carbocycles. The van der Waals surface area contributed by atoms with Gasteiger partial charge < -0.3 is 5.32 Å². The summed E-state index contributed by atoms with van der Waals surface area (Å²) < 4.78 is 0. The second kappa shape index (κ2) is 6.21. The molecule has 20 heavy (non-hydrogen) atoms. The van der Waals surface area contributed by atoms with Crippen LogP contribution in [0.15, 0.2) is 24.3 Å². The Morgan fingerprint density at radius 1 is 1.10 bits per heavy atom. The van der Waals surface area contributed by atoms with E-state index in [1.807, 2.05) is 24.3 Å². The molecule has 3 nitrogen and oxygen atoms in total. The first kappa shape index (κ1) is 14.8. The molecule has 0 aromatic heterocycles. The van der Waals surface area contributed by atoms with Gasteiger partial charge in [0.15, 0.2) is 5.78 Å². The van der Waals surface area contributed by atoms with Gasteiger partial charge in [-0.2, -0.15) is 0 Å². The molecule has 1 aromatic rings. The van der Waals surface area contributed by atoms with Gasteiger partial charge in [0.2, 0.25) is 5.91 Å². The van der Waals surface area contributed by atoms with Crippen molar-refractivity contribution in [2.45, 2.75) is 46.0 Å². The van der Waals surface area contributed by atoms with Crippen LogP contribution in [0.3, 0.4) is 0 Å². The summed E-state index contributed by atoms with van der Waals surface area (Å²) in [4.78, 5) is 22.5. The van der Waals surface area contributed by atoms with Gasteiger partial charge in [0.1, 0.15) is 0 Å². The molecule has 1 aliphatic rings. The van der Waals surface area contributed by atoms with Crippen LogP contribution in [0.2, 0.25) is 0 Å². The van der Waals surface area contributed by atoms with Gasteiger partial charge >= 0.3 is 0 Å². The Balaban J connectivity index is 2.07. The topological polar surface area (TPSA) is 46.2 Å². The third kappa shape index (κ3) is 3.69. The number of hydrogen-bond donors (Lipinski definition) is 1. The molecule has 2 rings (SSSR count). The quantitative estimate of drug-likeness (QED) is 0.838. The Labute approximate surface area is 120 Å². The predicted octanol–water partition coefficient (Wildman–Crippen LogP) is 3.13. The lowest BCUT2D eigenvalue weighted by Gasteiger charge is -2.29. The first-order valence-corrected chi connectivity index (χ1v) is 7.35. The molecule has 0 heterocycles. The Bertz CT molecular complexity index is 484. The molecule has 0 radical (unpaired) electrons. The summed E-state index contributed by atoms with van der Waals surface area (Å²) in [6, 6.07) is 7.90. The number of hydrogen-bond acceptors (Lipinski definition) is 2. The van der Waals surface area contributed by atoms with Crippen LogP contribution in [0.1, 0.15) is 55.5 Å². The minimum atomic E-state index is 0.0446. The molecule has 0 unspecified atom stereocenters. The summed E-state index contributed by atoms with van der Waals surface area (Å²) in [5.74, 6) is 0.147. The molecule has 108 valence electrons. The Morgan fingerprint density at radius 3 is 2.20 bits per heavy atom. The summed E-state index contributed by atoms with van der Waals surface area (Å²) in [7, 11) is 0. The largest absolute Gasteiger partial charge is 0.356 e. The van der Waals surface area contributed by atoms with Crippen molar-refractivity contribution in [2.24, 2.45) is 5.41 Å². The van der Waals surface area contributed by atoms with E-state index in [4.69, 9.17) is 0 Å². The number of amides is 1. The highest BCUT2D eigenvalue weighted by Gasteiger charge is 2.33. The summed E-state index contributed by atoms with van der Waals surface area (Å²) in [6.07, 6.45) is 5.80. The van der Waals surface area contributed by atoms with Crippen molar-refractivity contribution in [3.05, 3.63) is 35.4 Å². The molecular weight excluding hydrogens is 250 g/mol. The van der Waals surface area contributed by atoms with Crippen LogP contribution in [-0.2, 0) is 11.2 Å². The molecule has 0 spiro atoms. The third-order valence-corrected chi connectivity index (χ3v) is 4.32. The van der Waals surface area contributed by atoms with Crippen molar-refractivity contribution < 1.29 is 9.59 Å². The molecule has 1 aromatic carbocycles. The molecule has 3 heteroatoms. The van der Waals surface area contributed by atoms with Gasteiger partial charge in [0.25, 0.3) is 0 Å². The van der Waals surface area contributed by atoms with Crippen LogP contribution in [0.25, 0.3) is 0 Å². The van der Waals surface area contributed by atoms with Gasteiger partial charge in [-0.25, -0.2) is 0 Å². The lowest BCUT2D eigenvalue weighted by atomic mass is 9.79. The Morgan fingerprint density at radius 2 is 1.70 bits per heavy atom. The molecule has 0 bridgehead atoms. The fourth-order valence-electron chi connectivity index (χ4n) is 3.14. The average Bonchev–Trinajstić information content (AvgIpc) is 2.86. The standard InChI is InChI=1S/C17H23NO2/c1-13(19)16-7-5-15(6-8-16)11-17(9-3-4-10-17)12-18-14(2)20/h5-8H,3-4,9-12H2,1-2H3,(H,18,20). The summed E-state index contributed by atoms with van der Waals surface area (Å²) in [6.45, 7) is 3.92. The van der Waals surface area contributed by atoms with Gasteiger partial charge in [0.05, 0.1) is 0 Å². The zero-order valence-electron chi connectivity index (χ0n) is 12.4. The summed E-state index contributed by atoms with van der Waals surface area (Å²) >= 11 is 0. The normalized spacial score (nSPS) is 16.9. The summed E-state index contributed by atoms with van der Waals surface area (Å²) in [5, 5.41) is 2.99. The van der Waals surface area contributed by atoms with Gasteiger partial charge in [-0.15, -0.1) is 0 Å². The minimum Gasteiger partial charge on any atom is -0.356 e. The number of benzene rings is 1. The number of rotatable bonds is 5. The second-order valence-electron chi connectivity index (χ2n) is 6.05. The van der Waals surface area contributed by atoms with Gasteiger partial charge in [-0.05, 0) is 37.2 Å². The first-order chi connectivity index (χ1) is 9.51. The fraction of sp³-hybridized carbons (Fsp3) is 0.529.